The van der Waals surface area contributed by atoms with Gasteiger partial charge in [0.2, 0.25) is 0 Å². The molecule has 1 fully saturated rings. The van der Waals surface area contributed by atoms with E-state index in [0.29, 0.717) is 17.2 Å². The van der Waals surface area contributed by atoms with E-state index in [1.165, 1.54) is 0 Å². The Labute approximate surface area is 107 Å². The van der Waals surface area contributed by atoms with Gasteiger partial charge in [-0.25, -0.2) is 0 Å². The predicted molar refractivity (Wildman–Crippen MR) is 68.1 cm³/mol. The van der Waals surface area contributed by atoms with E-state index in [1.807, 2.05) is 18.2 Å². The van der Waals surface area contributed by atoms with Gasteiger partial charge in [0.25, 0.3) is 0 Å². The van der Waals surface area contributed by atoms with Gasteiger partial charge < -0.3 is 15.2 Å². The van der Waals surface area contributed by atoms with Gasteiger partial charge in [-0.3, -0.25) is 0 Å². The second kappa shape index (κ2) is 5.85. The fourth-order valence-corrected chi connectivity index (χ4v) is 2.24. The molecule has 0 radical (unpaired) electrons. The van der Waals surface area contributed by atoms with Crippen LogP contribution in [0.25, 0.3) is 0 Å². The van der Waals surface area contributed by atoms with Gasteiger partial charge >= 0.3 is 0 Å². The van der Waals surface area contributed by atoms with Gasteiger partial charge in [-0.05, 0) is 43.0 Å². The van der Waals surface area contributed by atoms with Crippen LogP contribution in [0.2, 0.25) is 0 Å². The van der Waals surface area contributed by atoms with Crippen LogP contribution >= 0.6 is 0 Å². The summed E-state index contributed by atoms with van der Waals surface area (Å²) in [6.07, 6.45) is 1.71. The van der Waals surface area contributed by atoms with Crippen molar-refractivity contribution in [3.05, 3.63) is 29.3 Å². The first-order valence-electron chi connectivity index (χ1n) is 6.18. The summed E-state index contributed by atoms with van der Waals surface area (Å²) in [7, 11) is 1.57. The summed E-state index contributed by atoms with van der Waals surface area (Å²) in [6.45, 7) is 1.66. The summed E-state index contributed by atoms with van der Waals surface area (Å²) in [5, 5.41) is 21.5. The molecule has 0 aromatic heterocycles. The number of benzene rings is 1. The summed E-state index contributed by atoms with van der Waals surface area (Å²) in [5.41, 5.74) is 1.64. The summed E-state index contributed by atoms with van der Waals surface area (Å²) >= 11 is 0. The maximum absolute atomic E-state index is 9.18. The zero-order chi connectivity index (χ0) is 13.0. The molecular formula is C14H18N2O2. The molecule has 1 aliphatic rings. The third-order valence-electron chi connectivity index (χ3n) is 3.36. The van der Waals surface area contributed by atoms with E-state index in [-0.39, 0.29) is 6.10 Å². The molecule has 2 N–H and O–H groups in total. The summed E-state index contributed by atoms with van der Waals surface area (Å²) in [6, 6.07) is 7.76. The zero-order valence-corrected chi connectivity index (χ0v) is 10.5. The number of nitrogens with one attached hydrogen (secondary N) is 1. The molecule has 1 saturated carbocycles. The fraction of sp³-hybridized carbons (Fsp3) is 0.500. The van der Waals surface area contributed by atoms with Crippen LogP contribution in [0.4, 0.5) is 0 Å². The van der Waals surface area contributed by atoms with Crippen LogP contribution in [0.1, 0.15) is 24.0 Å². The Hall–Kier alpha value is -1.57. The number of aliphatic hydroxyl groups is 1. The monoisotopic (exact) mass is 246 g/mol. The Balaban J connectivity index is 1.84. The number of methoxy groups -OCH3 is 1. The van der Waals surface area contributed by atoms with Crippen LogP contribution < -0.4 is 10.1 Å². The molecule has 1 aromatic carbocycles. The third-order valence-corrected chi connectivity index (χ3v) is 3.36. The van der Waals surface area contributed by atoms with Crippen molar-refractivity contribution in [1.82, 2.24) is 5.32 Å². The number of hydrogen-bond donors (Lipinski definition) is 2. The van der Waals surface area contributed by atoms with Gasteiger partial charge in [-0.1, -0.05) is 6.07 Å². The molecule has 96 valence electrons. The van der Waals surface area contributed by atoms with E-state index in [1.54, 1.807) is 7.11 Å². The van der Waals surface area contributed by atoms with Gasteiger partial charge in [0, 0.05) is 6.54 Å². The maximum Gasteiger partial charge on any atom is 0.136 e. The summed E-state index contributed by atoms with van der Waals surface area (Å²) < 4.78 is 5.10. The number of ether oxygens (including phenoxy) is 1. The lowest BCUT2D eigenvalue weighted by Crippen LogP contribution is -2.35. The zero-order valence-electron chi connectivity index (χ0n) is 10.5. The lowest BCUT2D eigenvalue weighted by Gasteiger charge is -2.31. The SMILES string of the molecule is COc1ccc(CNCC2CC(O)C2)cc1C#N. The molecule has 2 rings (SSSR count). The molecule has 0 bridgehead atoms. The maximum atomic E-state index is 9.18. The smallest absolute Gasteiger partial charge is 0.136 e. The molecule has 0 amide bonds. The van der Waals surface area contributed by atoms with Crippen molar-refractivity contribution in [3.8, 4) is 11.8 Å². The van der Waals surface area contributed by atoms with E-state index >= 15 is 0 Å². The third kappa shape index (κ3) is 3.00. The highest BCUT2D eigenvalue weighted by molar-refractivity contribution is 5.45. The quantitative estimate of drug-likeness (QED) is 0.825. The lowest BCUT2D eigenvalue weighted by atomic mass is 9.82. The Morgan fingerprint density at radius 2 is 2.28 bits per heavy atom. The molecule has 0 heterocycles. The second-order valence-electron chi connectivity index (χ2n) is 4.77. The number of nitrogens with zero attached hydrogens (tertiary/aromatic N) is 1. The fourth-order valence-electron chi connectivity index (χ4n) is 2.24. The highest BCUT2D eigenvalue weighted by Crippen LogP contribution is 2.26. The van der Waals surface area contributed by atoms with Gasteiger partial charge in [-0.15, -0.1) is 0 Å². The highest BCUT2D eigenvalue weighted by Gasteiger charge is 2.26. The van der Waals surface area contributed by atoms with Crippen molar-refractivity contribution < 1.29 is 9.84 Å². The number of aliphatic hydroxyl groups excluding tert-OH is 1. The molecule has 4 heteroatoms. The number of rotatable bonds is 5. The molecule has 0 saturated heterocycles. The van der Waals surface area contributed by atoms with Crippen molar-refractivity contribution in [1.29, 1.82) is 5.26 Å². The Kier molecular flexibility index (Phi) is 4.19. The molecule has 18 heavy (non-hydrogen) atoms. The van der Waals surface area contributed by atoms with Crippen LogP contribution in [0, 0.1) is 17.2 Å². The van der Waals surface area contributed by atoms with Crippen molar-refractivity contribution >= 4 is 0 Å². The van der Waals surface area contributed by atoms with Crippen LogP contribution in [0.5, 0.6) is 5.75 Å². The lowest BCUT2D eigenvalue weighted by molar-refractivity contribution is 0.0430. The standard InChI is InChI=1S/C14H18N2O2/c1-18-14-3-2-10(4-12(14)7-15)8-16-9-11-5-13(17)6-11/h2-4,11,13,16-17H,5-6,8-9H2,1H3. The van der Waals surface area contributed by atoms with E-state index in [0.717, 1.165) is 31.5 Å². The van der Waals surface area contributed by atoms with Crippen LogP contribution in [-0.4, -0.2) is 24.9 Å². The molecule has 0 spiro atoms. The van der Waals surface area contributed by atoms with Gasteiger partial charge in [-0.2, -0.15) is 5.26 Å². The largest absolute Gasteiger partial charge is 0.495 e. The van der Waals surface area contributed by atoms with E-state index in [2.05, 4.69) is 11.4 Å². The summed E-state index contributed by atoms with van der Waals surface area (Å²) in [4.78, 5) is 0. The van der Waals surface area contributed by atoms with Gasteiger partial charge in [0.15, 0.2) is 0 Å². The topological polar surface area (TPSA) is 65.3 Å². The van der Waals surface area contributed by atoms with Crippen LogP contribution in [0.3, 0.4) is 0 Å². The Morgan fingerprint density at radius 1 is 1.50 bits per heavy atom. The highest BCUT2D eigenvalue weighted by atomic mass is 16.5. The predicted octanol–water partition coefficient (Wildman–Crippen LogP) is 1.43. The first-order valence-corrected chi connectivity index (χ1v) is 6.18. The first kappa shape index (κ1) is 12.9. The van der Waals surface area contributed by atoms with Crippen molar-refractivity contribution in [2.24, 2.45) is 5.92 Å². The average molecular weight is 246 g/mol. The van der Waals surface area contributed by atoms with E-state index < -0.39 is 0 Å². The van der Waals surface area contributed by atoms with E-state index in [4.69, 9.17) is 10.00 Å². The molecular weight excluding hydrogens is 228 g/mol. The minimum Gasteiger partial charge on any atom is -0.495 e. The average Bonchev–Trinajstić information content (AvgIpc) is 2.36. The molecule has 1 aliphatic carbocycles. The van der Waals surface area contributed by atoms with Crippen molar-refractivity contribution in [3.63, 3.8) is 0 Å². The van der Waals surface area contributed by atoms with Gasteiger partial charge in [0.05, 0.1) is 18.8 Å². The second-order valence-corrected chi connectivity index (χ2v) is 4.77. The minimum atomic E-state index is -0.0945. The van der Waals surface area contributed by atoms with Gasteiger partial charge in [0.1, 0.15) is 11.8 Å². The van der Waals surface area contributed by atoms with Crippen LogP contribution in [0.15, 0.2) is 18.2 Å². The summed E-state index contributed by atoms with van der Waals surface area (Å²) in [5.74, 6) is 1.21. The minimum absolute atomic E-state index is 0.0945. The Morgan fingerprint density at radius 3 is 2.89 bits per heavy atom. The van der Waals surface area contributed by atoms with Crippen molar-refractivity contribution in [2.45, 2.75) is 25.5 Å². The number of nitriles is 1. The number of hydrogen-bond acceptors (Lipinski definition) is 4. The Bertz CT molecular complexity index is 448. The van der Waals surface area contributed by atoms with Crippen LogP contribution in [-0.2, 0) is 6.54 Å². The molecule has 1 aromatic rings. The normalized spacial score (nSPS) is 22.1. The molecule has 0 atom stereocenters. The molecule has 4 nitrogen and oxygen atoms in total. The first-order chi connectivity index (χ1) is 8.72. The molecule has 0 aliphatic heterocycles. The van der Waals surface area contributed by atoms with Crippen molar-refractivity contribution in [2.75, 3.05) is 13.7 Å². The molecule has 0 unspecified atom stereocenters. The van der Waals surface area contributed by atoms with E-state index in [9.17, 15) is 5.11 Å².